The third-order valence-corrected chi connectivity index (χ3v) is 6.72. The molecule has 3 aliphatic rings. The number of amides is 5. The van der Waals surface area contributed by atoms with E-state index in [0.29, 0.717) is 24.6 Å². The highest BCUT2D eigenvalue weighted by Crippen LogP contribution is 2.32. The number of carbonyl (C=O) groups is 4. The van der Waals surface area contributed by atoms with Gasteiger partial charge in [0.05, 0.1) is 31.9 Å². The predicted molar refractivity (Wildman–Crippen MR) is 127 cm³/mol. The first-order valence-electron chi connectivity index (χ1n) is 12.5. The number of aromatic nitrogens is 2. The summed E-state index contributed by atoms with van der Waals surface area (Å²) in [5, 5.41) is 3.87. The van der Waals surface area contributed by atoms with E-state index in [1.165, 1.54) is 0 Å². The molecule has 5 amide bonds. The molecule has 1 atom stereocenters. The van der Waals surface area contributed by atoms with E-state index in [2.05, 4.69) is 10.1 Å². The van der Waals surface area contributed by atoms with Crippen molar-refractivity contribution in [1.82, 2.24) is 19.9 Å². The van der Waals surface area contributed by atoms with Gasteiger partial charge in [-0.05, 0) is 50.2 Å². The zero-order valence-electron chi connectivity index (χ0n) is 20.6. The van der Waals surface area contributed by atoms with Crippen LogP contribution in [0.5, 0.6) is 5.75 Å². The molecule has 0 radical (unpaired) electrons. The first-order valence-corrected chi connectivity index (χ1v) is 12.5. The number of anilines is 1. The van der Waals surface area contributed by atoms with Gasteiger partial charge in [0.25, 0.3) is 0 Å². The summed E-state index contributed by atoms with van der Waals surface area (Å²) in [5.41, 5.74) is 0.607. The van der Waals surface area contributed by atoms with Crippen LogP contribution in [0.3, 0.4) is 0 Å². The first kappa shape index (κ1) is 24.9. The van der Waals surface area contributed by atoms with Crippen LogP contribution in [-0.2, 0) is 32.1 Å². The smallest absolute Gasteiger partial charge is 0.334 e. The molecule has 2 aromatic rings. The van der Waals surface area contributed by atoms with Crippen LogP contribution in [-0.4, -0.2) is 76.6 Å². The van der Waals surface area contributed by atoms with Gasteiger partial charge in [0.15, 0.2) is 5.82 Å². The maximum Gasteiger partial charge on any atom is 0.334 e. The lowest BCUT2D eigenvalue weighted by Crippen LogP contribution is -2.41. The molecule has 0 spiro atoms. The number of nitrogens with zero attached hydrogens (tertiary/aromatic N) is 5. The fourth-order valence-electron chi connectivity index (χ4n) is 4.54. The Hall–Kier alpha value is -3.80. The number of benzene rings is 1. The quantitative estimate of drug-likeness (QED) is 0.346. The third-order valence-electron chi connectivity index (χ3n) is 6.72. The highest BCUT2D eigenvalue weighted by atomic mass is 16.5. The number of imide groups is 2. The molecule has 1 aliphatic carbocycles. The van der Waals surface area contributed by atoms with Crippen LogP contribution in [0.15, 0.2) is 28.8 Å². The number of hydrogen-bond acceptors (Lipinski definition) is 9. The summed E-state index contributed by atoms with van der Waals surface area (Å²) in [7, 11) is 1.54. The Labute approximate surface area is 213 Å². The van der Waals surface area contributed by atoms with E-state index in [4.69, 9.17) is 14.0 Å². The van der Waals surface area contributed by atoms with Crippen LogP contribution in [0.25, 0.3) is 0 Å². The van der Waals surface area contributed by atoms with Gasteiger partial charge in [-0.3, -0.25) is 19.3 Å². The molecule has 12 nitrogen and oxygen atoms in total. The Kier molecular flexibility index (Phi) is 7.17. The van der Waals surface area contributed by atoms with Gasteiger partial charge in [-0.2, -0.15) is 4.98 Å². The molecule has 0 N–H and O–H groups in total. The molecular weight excluding hydrogens is 482 g/mol. The molecule has 1 unspecified atom stereocenters. The molecule has 1 saturated carbocycles. The van der Waals surface area contributed by atoms with Gasteiger partial charge in [0, 0.05) is 13.2 Å². The van der Waals surface area contributed by atoms with Gasteiger partial charge in [0.2, 0.25) is 11.8 Å². The molecule has 12 heteroatoms. The van der Waals surface area contributed by atoms with Crippen molar-refractivity contribution >= 4 is 29.4 Å². The number of ether oxygens (including phenoxy) is 2. The lowest BCUT2D eigenvalue weighted by Gasteiger charge is -2.30. The number of methoxy groups -OCH3 is 1. The van der Waals surface area contributed by atoms with Gasteiger partial charge in [-0.25, -0.2) is 9.69 Å². The number of hydrogen-bond donors (Lipinski definition) is 0. The summed E-state index contributed by atoms with van der Waals surface area (Å²) < 4.78 is 16.5. The Morgan fingerprint density at radius 1 is 1.11 bits per heavy atom. The van der Waals surface area contributed by atoms with Crippen LogP contribution in [0, 0.1) is 5.92 Å². The fraction of sp³-hybridized carbons (Fsp3) is 0.520. The van der Waals surface area contributed by atoms with Crippen molar-refractivity contribution in [3.8, 4) is 5.75 Å². The normalized spacial score (nSPS) is 20.0. The van der Waals surface area contributed by atoms with E-state index >= 15 is 0 Å². The largest absolute Gasteiger partial charge is 0.495 e. The molecule has 1 aromatic carbocycles. The Morgan fingerprint density at radius 2 is 1.89 bits per heavy atom. The number of carbonyl (C=O) groups excluding carboxylic acids is 4. The Bertz CT molecular complexity index is 1190. The molecule has 2 saturated heterocycles. The topological polar surface area (TPSA) is 135 Å². The summed E-state index contributed by atoms with van der Waals surface area (Å²) in [6.07, 6.45) is 4.46. The fourth-order valence-corrected chi connectivity index (χ4v) is 4.54. The van der Waals surface area contributed by atoms with E-state index in [0.717, 1.165) is 41.9 Å². The second-order valence-corrected chi connectivity index (χ2v) is 9.48. The third kappa shape index (κ3) is 5.48. The van der Waals surface area contributed by atoms with Crippen molar-refractivity contribution in [2.45, 2.75) is 51.2 Å². The SMILES string of the molecule is COc1ccccc1N(CC1CCCCO1)C(=O)Cc1noc(CN2C(=O)C(=O)N(CC3CC3)C2=O)n1. The highest BCUT2D eigenvalue weighted by molar-refractivity contribution is 6.44. The summed E-state index contributed by atoms with van der Waals surface area (Å²) >= 11 is 0. The minimum absolute atomic E-state index is 0.0370. The van der Waals surface area contributed by atoms with Crippen molar-refractivity contribution in [3.05, 3.63) is 36.0 Å². The average Bonchev–Trinajstić information content (AvgIpc) is 3.60. The molecule has 196 valence electrons. The zero-order valence-corrected chi connectivity index (χ0v) is 20.6. The number of rotatable bonds is 10. The van der Waals surface area contributed by atoms with Crippen molar-refractivity contribution in [1.29, 1.82) is 0 Å². The molecule has 1 aromatic heterocycles. The van der Waals surface area contributed by atoms with E-state index in [9.17, 15) is 19.2 Å². The minimum Gasteiger partial charge on any atom is -0.495 e. The number of para-hydroxylation sites is 2. The summed E-state index contributed by atoms with van der Waals surface area (Å²) in [6, 6.07) is 6.54. The van der Waals surface area contributed by atoms with Crippen molar-refractivity contribution in [2.75, 3.05) is 31.7 Å². The zero-order chi connectivity index (χ0) is 25.9. The van der Waals surface area contributed by atoms with Gasteiger partial charge < -0.3 is 18.9 Å². The van der Waals surface area contributed by atoms with E-state index in [-0.39, 0.29) is 49.2 Å². The highest BCUT2D eigenvalue weighted by Gasteiger charge is 2.46. The number of urea groups is 1. The second-order valence-electron chi connectivity index (χ2n) is 9.48. The first-order chi connectivity index (χ1) is 17.9. The van der Waals surface area contributed by atoms with Gasteiger partial charge in [-0.1, -0.05) is 17.3 Å². The molecule has 0 bridgehead atoms. The Morgan fingerprint density at radius 3 is 2.62 bits per heavy atom. The van der Waals surface area contributed by atoms with Gasteiger partial charge in [0.1, 0.15) is 12.3 Å². The lowest BCUT2D eigenvalue weighted by molar-refractivity contribution is -0.143. The van der Waals surface area contributed by atoms with Crippen molar-refractivity contribution in [3.63, 3.8) is 0 Å². The van der Waals surface area contributed by atoms with Gasteiger partial charge in [-0.15, -0.1) is 0 Å². The predicted octanol–water partition coefficient (Wildman–Crippen LogP) is 1.92. The Balaban J connectivity index is 1.28. The standard InChI is InChI=1S/C25H29N5O7/c1-35-19-8-3-2-7-18(19)28(14-17-6-4-5-11-36-17)22(31)12-20-26-21(37-27-20)15-30-24(33)23(32)29(25(30)34)13-16-9-10-16/h2-3,7-8,16-17H,4-6,9-15H2,1H3. The second kappa shape index (κ2) is 10.7. The maximum atomic E-state index is 13.4. The van der Waals surface area contributed by atoms with Crippen LogP contribution < -0.4 is 9.64 Å². The van der Waals surface area contributed by atoms with E-state index in [1.54, 1.807) is 24.1 Å². The monoisotopic (exact) mass is 511 g/mol. The van der Waals surface area contributed by atoms with Crippen LogP contribution in [0.1, 0.15) is 43.8 Å². The van der Waals surface area contributed by atoms with Crippen LogP contribution in [0.2, 0.25) is 0 Å². The average molecular weight is 512 g/mol. The molecule has 2 aliphatic heterocycles. The summed E-state index contributed by atoms with van der Waals surface area (Å²) in [4.78, 5) is 58.2. The minimum atomic E-state index is -0.920. The molecule has 3 fully saturated rings. The lowest BCUT2D eigenvalue weighted by atomic mass is 10.1. The van der Waals surface area contributed by atoms with E-state index < -0.39 is 17.8 Å². The van der Waals surface area contributed by atoms with Crippen molar-refractivity contribution in [2.24, 2.45) is 5.92 Å². The molecular formula is C25H29N5O7. The van der Waals surface area contributed by atoms with Crippen molar-refractivity contribution < 1.29 is 33.2 Å². The molecule has 5 rings (SSSR count). The summed E-state index contributed by atoms with van der Waals surface area (Å²) in [6.45, 7) is 0.909. The molecule has 37 heavy (non-hydrogen) atoms. The van der Waals surface area contributed by atoms with Crippen LogP contribution in [0.4, 0.5) is 10.5 Å². The van der Waals surface area contributed by atoms with Crippen LogP contribution >= 0.6 is 0 Å². The van der Waals surface area contributed by atoms with Gasteiger partial charge >= 0.3 is 17.8 Å². The maximum absolute atomic E-state index is 13.4. The molecule has 3 heterocycles. The van der Waals surface area contributed by atoms with E-state index in [1.807, 2.05) is 12.1 Å². The summed E-state index contributed by atoms with van der Waals surface area (Å²) in [5.74, 6) is -1.18.